The van der Waals surface area contributed by atoms with E-state index in [1.54, 1.807) is 0 Å². The van der Waals surface area contributed by atoms with Crippen LogP contribution in [0.15, 0.2) is 36.4 Å². The maximum Gasteiger partial charge on any atom is 0.212 e. The molecule has 24 heavy (non-hydrogen) atoms. The van der Waals surface area contributed by atoms with Gasteiger partial charge in [0.15, 0.2) is 0 Å². The van der Waals surface area contributed by atoms with Gasteiger partial charge in [0.1, 0.15) is 6.61 Å². The number of nitrogens with one attached hydrogen (secondary N) is 1. The number of hydrogen-bond acceptors (Lipinski definition) is 3. The summed E-state index contributed by atoms with van der Waals surface area (Å²) in [5.41, 5.74) is 2.24. The fraction of sp³-hybridized carbons (Fsp3) is 0.526. The van der Waals surface area contributed by atoms with Gasteiger partial charge in [0.25, 0.3) is 0 Å². The van der Waals surface area contributed by atoms with Crippen LogP contribution >= 0.6 is 12.4 Å². The molecule has 2 aromatic rings. The third-order valence-electron chi connectivity index (χ3n) is 4.59. The lowest BCUT2D eigenvalue weighted by Crippen LogP contribution is -2.20. The number of hydrogen-bond donors (Lipinski definition) is 1. The Morgan fingerprint density at radius 2 is 2.04 bits per heavy atom. The van der Waals surface area contributed by atoms with Crippen molar-refractivity contribution in [1.82, 2.24) is 15.1 Å². The molecular formula is C19H28ClN3O. The Balaban J connectivity index is 0.00000208. The minimum Gasteiger partial charge on any atom is -0.473 e. The first-order valence-electron chi connectivity index (χ1n) is 8.66. The van der Waals surface area contributed by atoms with Gasteiger partial charge < -0.3 is 10.1 Å². The van der Waals surface area contributed by atoms with Gasteiger partial charge in [-0.15, -0.1) is 12.4 Å². The van der Waals surface area contributed by atoms with Gasteiger partial charge in [-0.1, -0.05) is 50.1 Å². The van der Waals surface area contributed by atoms with Crippen LogP contribution in [0.1, 0.15) is 49.9 Å². The van der Waals surface area contributed by atoms with Gasteiger partial charge in [0.2, 0.25) is 5.88 Å². The van der Waals surface area contributed by atoms with Crippen LogP contribution in [-0.2, 0) is 13.2 Å². The fourth-order valence-electron chi connectivity index (χ4n) is 3.42. The van der Waals surface area contributed by atoms with Crippen molar-refractivity contribution in [2.24, 2.45) is 5.92 Å². The molecule has 2 atom stereocenters. The zero-order valence-electron chi connectivity index (χ0n) is 14.6. The Morgan fingerprint density at radius 1 is 1.25 bits per heavy atom. The standard InChI is InChI=1S/C19H27N3O.ClH/c1-15-7-6-10-18(11-15)22-19(12-17(21-22)13-20-2)23-14-16-8-4-3-5-9-16;/h3-5,8-9,12,15,18,20H,6-7,10-11,13-14H2,1-2H3;1H/t15-,18-;/m0./s1. The first-order chi connectivity index (χ1) is 11.3. The predicted molar refractivity (Wildman–Crippen MR) is 99.7 cm³/mol. The van der Waals surface area contributed by atoms with Crippen LogP contribution in [0.5, 0.6) is 5.88 Å². The molecule has 1 aliphatic rings. The van der Waals surface area contributed by atoms with Crippen LogP contribution in [0.25, 0.3) is 0 Å². The first-order valence-corrected chi connectivity index (χ1v) is 8.66. The second-order valence-corrected chi connectivity index (χ2v) is 6.65. The Bertz CT molecular complexity index is 614. The predicted octanol–water partition coefficient (Wildman–Crippen LogP) is 4.35. The molecule has 1 aromatic carbocycles. The van der Waals surface area contributed by atoms with Crippen molar-refractivity contribution in [3.05, 3.63) is 47.7 Å². The Labute approximate surface area is 151 Å². The summed E-state index contributed by atoms with van der Waals surface area (Å²) >= 11 is 0. The topological polar surface area (TPSA) is 39.1 Å². The van der Waals surface area contributed by atoms with Crippen LogP contribution in [0.3, 0.4) is 0 Å². The average molecular weight is 350 g/mol. The smallest absolute Gasteiger partial charge is 0.212 e. The lowest BCUT2D eigenvalue weighted by Gasteiger charge is -2.28. The Hall–Kier alpha value is -1.52. The van der Waals surface area contributed by atoms with Crippen LogP contribution in [-0.4, -0.2) is 16.8 Å². The molecular weight excluding hydrogens is 322 g/mol. The molecule has 1 heterocycles. The van der Waals surface area contributed by atoms with Crippen LogP contribution in [0.4, 0.5) is 0 Å². The maximum absolute atomic E-state index is 6.11. The molecule has 132 valence electrons. The van der Waals surface area contributed by atoms with E-state index in [4.69, 9.17) is 9.84 Å². The molecule has 1 aromatic heterocycles. The van der Waals surface area contributed by atoms with Crippen molar-refractivity contribution in [3.63, 3.8) is 0 Å². The molecule has 0 saturated heterocycles. The third-order valence-corrected chi connectivity index (χ3v) is 4.59. The number of halogens is 1. The average Bonchev–Trinajstić information content (AvgIpc) is 2.97. The molecule has 0 radical (unpaired) electrons. The second kappa shape index (κ2) is 9.09. The van der Waals surface area contributed by atoms with E-state index in [1.165, 1.54) is 31.2 Å². The van der Waals surface area contributed by atoms with E-state index in [0.717, 1.165) is 24.0 Å². The molecule has 0 unspecified atom stereocenters. The summed E-state index contributed by atoms with van der Waals surface area (Å²) in [7, 11) is 1.95. The van der Waals surface area contributed by atoms with Crippen LogP contribution in [0.2, 0.25) is 0 Å². The number of nitrogens with zero attached hydrogens (tertiary/aromatic N) is 2. The highest BCUT2D eigenvalue weighted by molar-refractivity contribution is 5.85. The number of benzene rings is 1. The van der Waals surface area contributed by atoms with Gasteiger partial charge in [-0.25, -0.2) is 4.68 Å². The highest BCUT2D eigenvalue weighted by atomic mass is 35.5. The fourth-order valence-corrected chi connectivity index (χ4v) is 3.42. The molecule has 1 aliphatic carbocycles. The molecule has 5 heteroatoms. The van der Waals surface area contributed by atoms with Gasteiger partial charge in [-0.3, -0.25) is 0 Å². The normalized spacial score (nSPS) is 20.4. The molecule has 1 saturated carbocycles. The van der Waals surface area contributed by atoms with Gasteiger partial charge >= 0.3 is 0 Å². The lowest BCUT2D eigenvalue weighted by atomic mass is 9.87. The van der Waals surface area contributed by atoms with E-state index in [1.807, 2.05) is 25.2 Å². The molecule has 1 N–H and O–H groups in total. The SMILES string of the molecule is CNCc1cc(OCc2ccccc2)n([C@H]2CCC[C@H](C)C2)n1.Cl. The largest absolute Gasteiger partial charge is 0.473 e. The zero-order valence-corrected chi connectivity index (χ0v) is 15.4. The van der Waals surface area contributed by atoms with Crippen LogP contribution < -0.4 is 10.1 Å². The monoisotopic (exact) mass is 349 g/mol. The summed E-state index contributed by atoms with van der Waals surface area (Å²) in [6, 6.07) is 12.9. The summed E-state index contributed by atoms with van der Waals surface area (Å²) in [4.78, 5) is 0. The minimum absolute atomic E-state index is 0. The minimum atomic E-state index is 0. The van der Waals surface area contributed by atoms with E-state index in [2.05, 4.69) is 35.1 Å². The highest BCUT2D eigenvalue weighted by Gasteiger charge is 2.24. The van der Waals surface area contributed by atoms with Crippen molar-refractivity contribution >= 4 is 12.4 Å². The van der Waals surface area contributed by atoms with Gasteiger partial charge in [0, 0.05) is 12.6 Å². The Morgan fingerprint density at radius 3 is 2.75 bits per heavy atom. The van der Waals surface area contributed by atoms with Crippen LogP contribution in [0, 0.1) is 5.92 Å². The molecule has 4 nitrogen and oxygen atoms in total. The van der Waals surface area contributed by atoms with Gasteiger partial charge in [0.05, 0.1) is 11.7 Å². The van der Waals surface area contributed by atoms with E-state index in [0.29, 0.717) is 12.6 Å². The van der Waals surface area contributed by atoms with Gasteiger partial charge in [-0.05, 0) is 31.4 Å². The second-order valence-electron chi connectivity index (χ2n) is 6.65. The van der Waals surface area contributed by atoms with E-state index >= 15 is 0 Å². The van der Waals surface area contributed by atoms with Crippen molar-refractivity contribution in [3.8, 4) is 5.88 Å². The van der Waals surface area contributed by atoms with E-state index in [-0.39, 0.29) is 12.4 Å². The number of ether oxygens (including phenoxy) is 1. The van der Waals surface area contributed by atoms with E-state index < -0.39 is 0 Å². The summed E-state index contributed by atoms with van der Waals surface area (Å²) in [5.74, 6) is 1.67. The lowest BCUT2D eigenvalue weighted by molar-refractivity contribution is 0.216. The third kappa shape index (κ3) is 4.74. The first kappa shape index (κ1) is 18.8. The van der Waals surface area contributed by atoms with E-state index in [9.17, 15) is 0 Å². The van der Waals surface area contributed by atoms with Crippen molar-refractivity contribution in [1.29, 1.82) is 0 Å². The quantitative estimate of drug-likeness (QED) is 0.842. The molecule has 0 aliphatic heterocycles. The maximum atomic E-state index is 6.11. The Kier molecular flexibility index (Phi) is 7.13. The summed E-state index contributed by atoms with van der Waals surface area (Å²) < 4.78 is 8.24. The summed E-state index contributed by atoms with van der Waals surface area (Å²) in [6.07, 6.45) is 5.02. The molecule has 1 fully saturated rings. The molecule has 3 rings (SSSR count). The zero-order chi connectivity index (χ0) is 16.1. The van der Waals surface area contributed by atoms with Crippen molar-refractivity contribution in [2.75, 3.05) is 7.05 Å². The summed E-state index contributed by atoms with van der Waals surface area (Å²) in [6.45, 7) is 3.71. The van der Waals surface area contributed by atoms with Gasteiger partial charge in [-0.2, -0.15) is 5.10 Å². The summed E-state index contributed by atoms with van der Waals surface area (Å²) in [5, 5.41) is 7.98. The highest BCUT2D eigenvalue weighted by Crippen LogP contribution is 2.34. The van der Waals surface area contributed by atoms with Crippen molar-refractivity contribution < 1.29 is 4.74 Å². The number of aromatic nitrogens is 2. The molecule has 0 amide bonds. The van der Waals surface area contributed by atoms with Crippen molar-refractivity contribution in [2.45, 2.75) is 51.8 Å². The molecule has 0 spiro atoms. The number of rotatable bonds is 6. The molecule has 0 bridgehead atoms.